The molecular formula is C12H8N2O2. The summed E-state index contributed by atoms with van der Waals surface area (Å²) in [6, 6.07) is 8.54. The molecule has 0 saturated heterocycles. The van der Waals surface area contributed by atoms with E-state index in [0.717, 1.165) is 0 Å². The van der Waals surface area contributed by atoms with E-state index in [9.17, 15) is 4.79 Å². The lowest BCUT2D eigenvalue weighted by Gasteiger charge is -1.93. The molecule has 16 heavy (non-hydrogen) atoms. The van der Waals surface area contributed by atoms with Crippen LogP contribution in [0.25, 0.3) is 12.2 Å². The Hall–Kier alpha value is -2.54. The first kappa shape index (κ1) is 9.99. The van der Waals surface area contributed by atoms with Crippen molar-refractivity contribution in [3.8, 4) is 6.07 Å². The lowest BCUT2D eigenvalue weighted by atomic mass is 10.2. The third-order valence-corrected chi connectivity index (χ3v) is 2.02. The van der Waals surface area contributed by atoms with Crippen LogP contribution in [0, 0.1) is 11.3 Å². The van der Waals surface area contributed by atoms with E-state index in [4.69, 9.17) is 9.68 Å². The van der Waals surface area contributed by atoms with Crippen molar-refractivity contribution in [3.63, 3.8) is 0 Å². The van der Waals surface area contributed by atoms with Crippen LogP contribution in [0.1, 0.15) is 17.0 Å². The van der Waals surface area contributed by atoms with Gasteiger partial charge >= 0.3 is 0 Å². The van der Waals surface area contributed by atoms with E-state index in [2.05, 4.69) is 4.98 Å². The summed E-state index contributed by atoms with van der Waals surface area (Å²) < 4.78 is 5.10. The average molecular weight is 212 g/mol. The number of nitrogens with one attached hydrogen (secondary N) is 1. The number of nitriles is 1. The second-order valence-corrected chi connectivity index (χ2v) is 3.12. The van der Waals surface area contributed by atoms with Gasteiger partial charge in [-0.15, -0.1) is 0 Å². The molecule has 0 spiro atoms. The summed E-state index contributed by atoms with van der Waals surface area (Å²) in [4.78, 5) is 13.9. The molecule has 2 aromatic rings. The van der Waals surface area contributed by atoms with Crippen LogP contribution in [-0.2, 0) is 0 Å². The highest BCUT2D eigenvalue weighted by molar-refractivity contribution is 5.65. The normalized spacial score (nSPS) is 10.4. The molecule has 0 aromatic carbocycles. The van der Waals surface area contributed by atoms with Gasteiger partial charge < -0.3 is 9.40 Å². The molecule has 0 fully saturated rings. The van der Waals surface area contributed by atoms with E-state index in [-0.39, 0.29) is 11.1 Å². The summed E-state index contributed by atoms with van der Waals surface area (Å²) in [6.45, 7) is 0. The van der Waals surface area contributed by atoms with E-state index in [1.807, 2.05) is 0 Å². The van der Waals surface area contributed by atoms with Gasteiger partial charge in [-0.2, -0.15) is 5.26 Å². The summed E-state index contributed by atoms with van der Waals surface area (Å²) in [5.41, 5.74) is 0.347. The smallest absolute Gasteiger partial charge is 0.266 e. The largest absolute Gasteiger partial charge is 0.465 e. The van der Waals surface area contributed by atoms with Crippen molar-refractivity contribution in [3.05, 3.63) is 57.9 Å². The third kappa shape index (κ3) is 2.10. The molecule has 0 radical (unpaired) electrons. The van der Waals surface area contributed by atoms with Gasteiger partial charge in [0.2, 0.25) is 0 Å². The summed E-state index contributed by atoms with van der Waals surface area (Å²) in [5, 5.41) is 8.59. The van der Waals surface area contributed by atoms with E-state index < -0.39 is 0 Å². The van der Waals surface area contributed by atoms with Crippen LogP contribution in [0.5, 0.6) is 0 Å². The van der Waals surface area contributed by atoms with E-state index >= 15 is 0 Å². The monoisotopic (exact) mass is 212 g/mol. The van der Waals surface area contributed by atoms with Gasteiger partial charge in [0, 0.05) is 5.69 Å². The van der Waals surface area contributed by atoms with Crippen molar-refractivity contribution in [2.45, 2.75) is 0 Å². The molecule has 0 saturated carbocycles. The quantitative estimate of drug-likeness (QED) is 0.827. The van der Waals surface area contributed by atoms with E-state index in [0.29, 0.717) is 11.5 Å². The molecule has 0 aliphatic rings. The lowest BCUT2D eigenvalue weighted by molar-refractivity contribution is 0.557. The number of rotatable bonds is 2. The van der Waals surface area contributed by atoms with E-state index in [1.165, 1.54) is 6.07 Å². The summed E-state index contributed by atoms with van der Waals surface area (Å²) in [7, 11) is 0. The Morgan fingerprint density at radius 1 is 1.31 bits per heavy atom. The Bertz CT molecular complexity index is 601. The van der Waals surface area contributed by atoms with Crippen molar-refractivity contribution in [1.82, 2.24) is 4.98 Å². The number of furan rings is 1. The predicted molar refractivity (Wildman–Crippen MR) is 59.4 cm³/mol. The Kier molecular flexibility index (Phi) is 2.70. The molecule has 4 heteroatoms. The molecule has 78 valence electrons. The molecule has 2 aromatic heterocycles. The van der Waals surface area contributed by atoms with Crippen LogP contribution in [0.2, 0.25) is 0 Å². The molecule has 2 rings (SSSR count). The van der Waals surface area contributed by atoms with Crippen molar-refractivity contribution in [1.29, 1.82) is 5.26 Å². The lowest BCUT2D eigenvalue weighted by Crippen LogP contribution is -2.10. The molecule has 0 atom stereocenters. The van der Waals surface area contributed by atoms with Crippen LogP contribution in [0.15, 0.2) is 39.7 Å². The number of pyridine rings is 1. The first-order chi connectivity index (χ1) is 7.79. The fourth-order valence-corrected chi connectivity index (χ4v) is 1.23. The van der Waals surface area contributed by atoms with Crippen LogP contribution >= 0.6 is 0 Å². The fourth-order valence-electron chi connectivity index (χ4n) is 1.23. The van der Waals surface area contributed by atoms with Crippen molar-refractivity contribution in [2.75, 3.05) is 0 Å². The highest BCUT2D eigenvalue weighted by atomic mass is 16.3. The van der Waals surface area contributed by atoms with Gasteiger partial charge in [0.25, 0.3) is 5.56 Å². The maximum Gasteiger partial charge on any atom is 0.266 e. The number of aromatic nitrogens is 1. The molecule has 0 aliphatic carbocycles. The van der Waals surface area contributed by atoms with E-state index in [1.54, 1.807) is 42.7 Å². The minimum absolute atomic E-state index is 0.107. The first-order valence-corrected chi connectivity index (χ1v) is 4.64. The maximum atomic E-state index is 11.3. The molecule has 0 unspecified atom stereocenters. The molecule has 0 aliphatic heterocycles. The first-order valence-electron chi connectivity index (χ1n) is 4.64. The standard InChI is InChI=1S/C12H8N2O2/c13-8-9-3-4-10(14-12(9)15)5-6-11-2-1-7-16-11/h1-7H,(H,14,15)/b6-5+. The average Bonchev–Trinajstić information content (AvgIpc) is 2.79. The summed E-state index contributed by atoms with van der Waals surface area (Å²) in [6.07, 6.45) is 5.01. The third-order valence-electron chi connectivity index (χ3n) is 2.02. The van der Waals surface area contributed by atoms with Crippen molar-refractivity contribution < 1.29 is 4.42 Å². The zero-order valence-corrected chi connectivity index (χ0v) is 8.31. The summed E-state index contributed by atoms with van der Waals surface area (Å²) in [5.74, 6) is 0.699. The molecule has 2 heterocycles. The molecule has 0 amide bonds. The minimum Gasteiger partial charge on any atom is -0.465 e. The van der Waals surface area contributed by atoms with Gasteiger partial charge in [0.15, 0.2) is 0 Å². The van der Waals surface area contributed by atoms with Crippen molar-refractivity contribution >= 4 is 12.2 Å². The zero-order chi connectivity index (χ0) is 11.4. The van der Waals surface area contributed by atoms with Gasteiger partial charge in [0.05, 0.1) is 6.26 Å². The molecular weight excluding hydrogens is 204 g/mol. The zero-order valence-electron chi connectivity index (χ0n) is 8.31. The Morgan fingerprint density at radius 3 is 2.81 bits per heavy atom. The van der Waals surface area contributed by atoms with Gasteiger partial charge in [-0.05, 0) is 36.4 Å². The van der Waals surface area contributed by atoms with Crippen LogP contribution < -0.4 is 5.56 Å². The van der Waals surface area contributed by atoms with Crippen LogP contribution in [0.3, 0.4) is 0 Å². The highest BCUT2D eigenvalue weighted by Crippen LogP contribution is 2.05. The van der Waals surface area contributed by atoms with Gasteiger partial charge in [0.1, 0.15) is 17.4 Å². The topological polar surface area (TPSA) is 69.8 Å². The second-order valence-electron chi connectivity index (χ2n) is 3.12. The number of H-pyrrole nitrogens is 1. The number of nitrogens with zero attached hydrogens (tertiary/aromatic N) is 1. The Morgan fingerprint density at radius 2 is 2.19 bits per heavy atom. The number of hydrogen-bond acceptors (Lipinski definition) is 3. The SMILES string of the molecule is N#Cc1ccc(/C=C/c2ccco2)[nH]c1=O. The minimum atomic E-state index is -0.385. The van der Waals surface area contributed by atoms with Crippen molar-refractivity contribution in [2.24, 2.45) is 0 Å². The van der Waals surface area contributed by atoms with Gasteiger partial charge in [-0.3, -0.25) is 4.79 Å². The maximum absolute atomic E-state index is 11.3. The predicted octanol–water partition coefficient (Wildman–Crippen LogP) is 2.01. The Labute approximate surface area is 91.5 Å². The molecule has 0 bridgehead atoms. The highest BCUT2D eigenvalue weighted by Gasteiger charge is 1.97. The number of hydrogen-bond donors (Lipinski definition) is 1. The van der Waals surface area contributed by atoms with Gasteiger partial charge in [-0.1, -0.05) is 0 Å². The molecule has 1 N–H and O–H groups in total. The fraction of sp³-hybridized carbons (Fsp3) is 0. The van der Waals surface area contributed by atoms with Crippen LogP contribution in [0.4, 0.5) is 0 Å². The Balaban J connectivity index is 2.27. The molecule has 4 nitrogen and oxygen atoms in total. The van der Waals surface area contributed by atoms with Crippen LogP contribution in [-0.4, -0.2) is 4.98 Å². The van der Waals surface area contributed by atoms with Gasteiger partial charge in [-0.25, -0.2) is 0 Å². The second kappa shape index (κ2) is 4.32. The number of aromatic amines is 1. The summed E-state index contributed by atoms with van der Waals surface area (Å²) >= 11 is 0.